The highest BCUT2D eigenvalue weighted by Crippen LogP contribution is 2.32. The molecule has 0 bridgehead atoms. The van der Waals surface area contributed by atoms with Gasteiger partial charge in [0, 0.05) is 18.9 Å². The zero-order valence-corrected chi connectivity index (χ0v) is 18.5. The summed E-state index contributed by atoms with van der Waals surface area (Å²) in [6.07, 6.45) is 5.54. The van der Waals surface area contributed by atoms with Gasteiger partial charge in [0.25, 0.3) is 0 Å². The third-order valence-electron chi connectivity index (χ3n) is 4.98. The van der Waals surface area contributed by atoms with Crippen LogP contribution in [0.3, 0.4) is 0 Å². The largest absolute Gasteiger partial charge is 0.368 e. The molecule has 0 saturated heterocycles. The minimum absolute atomic E-state index is 0.277. The molecule has 1 N–H and O–H groups in total. The normalized spacial score (nSPS) is 10.6. The SMILES string of the molecule is O=Cc1ccc(-c2ccc(N(C=O)Cc3cccnc3)c(NCCc3cccc(F)c3)n2)s1. The van der Waals surface area contributed by atoms with Crippen LogP contribution in [0.25, 0.3) is 10.6 Å². The van der Waals surface area contributed by atoms with E-state index in [9.17, 15) is 14.0 Å². The standard InChI is InChI=1S/C25H21FN4O2S/c26-20-5-1-3-18(13-20)10-12-28-25-23(30(17-32)15-19-4-2-11-27-14-19)8-7-22(29-25)24-9-6-21(16-31)33-24/h1-9,11,13-14,16-17H,10,12,15H2,(H,28,29). The van der Waals surface area contributed by atoms with Crippen LogP contribution in [0.5, 0.6) is 0 Å². The minimum atomic E-state index is -0.277. The lowest BCUT2D eigenvalue weighted by Crippen LogP contribution is -2.22. The third-order valence-corrected chi connectivity index (χ3v) is 6.01. The Morgan fingerprint density at radius 1 is 1.03 bits per heavy atom. The van der Waals surface area contributed by atoms with E-state index in [1.807, 2.05) is 36.4 Å². The van der Waals surface area contributed by atoms with Gasteiger partial charge < -0.3 is 10.2 Å². The zero-order valence-electron chi connectivity index (χ0n) is 17.6. The number of benzene rings is 1. The Morgan fingerprint density at radius 3 is 2.64 bits per heavy atom. The Kier molecular flexibility index (Phi) is 7.16. The van der Waals surface area contributed by atoms with Crippen molar-refractivity contribution in [3.8, 4) is 10.6 Å². The van der Waals surface area contributed by atoms with E-state index in [2.05, 4.69) is 10.3 Å². The van der Waals surface area contributed by atoms with E-state index < -0.39 is 0 Å². The van der Waals surface area contributed by atoms with Gasteiger partial charge in [0.1, 0.15) is 5.82 Å². The van der Waals surface area contributed by atoms with Crippen LogP contribution in [-0.2, 0) is 17.8 Å². The molecule has 1 amide bonds. The van der Waals surface area contributed by atoms with Crippen LogP contribution in [0.4, 0.5) is 15.9 Å². The molecule has 0 aliphatic heterocycles. The molecule has 8 heteroatoms. The number of carbonyl (C=O) groups excluding carboxylic acids is 2. The number of aromatic nitrogens is 2. The quantitative estimate of drug-likeness (QED) is 0.338. The molecule has 0 radical (unpaired) electrons. The van der Waals surface area contributed by atoms with Crippen LogP contribution in [0.2, 0.25) is 0 Å². The lowest BCUT2D eigenvalue weighted by atomic mass is 10.1. The maximum atomic E-state index is 13.5. The van der Waals surface area contributed by atoms with Crippen molar-refractivity contribution in [3.63, 3.8) is 0 Å². The maximum Gasteiger partial charge on any atom is 0.214 e. The number of halogens is 1. The van der Waals surface area contributed by atoms with Crippen molar-refractivity contribution in [1.29, 1.82) is 0 Å². The van der Waals surface area contributed by atoms with Crippen molar-refractivity contribution >= 4 is 35.5 Å². The molecule has 166 valence electrons. The topological polar surface area (TPSA) is 75.2 Å². The van der Waals surface area contributed by atoms with Crippen molar-refractivity contribution in [3.05, 3.63) is 94.9 Å². The number of hydrogen-bond acceptors (Lipinski definition) is 6. The van der Waals surface area contributed by atoms with Gasteiger partial charge in [-0.25, -0.2) is 9.37 Å². The van der Waals surface area contributed by atoms with Gasteiger partial charge in [-0.05, 0) is 60.0 Å². The van der Waals surface area contributed by atoms with Gasteiger partial charge >= 0.3 is 0 Å². The molecule has 33 heavy (non-hydrogen) atoms. The van der Waals surface area contributed by atoms with Gasteiger partial charge in [-0.1, -0.05) is 18.2 Å². The average Bonchev–Trinajstić information content (AvgIpc) is 3.33. The smallest absolute Gasteiger partial charge is 0.214 e. The molecule has 4 rings (SSSR count). The second kappa shape index (κ2) is 10.6. The van der Waals surface area contributed by atoms with Crippen LogP contribution in [0, 0.1) is 5.82 Å². The molecule has 0 saturated carbocycles. The highest BCUT2D eigenvalue weighted by Gasteiger charge is 2.15. The summed E-state index contributed by atoms with van der Waals surface area (Å²) in [6.45, 7) is 0.835. The number of pyridine rings is 2. The first-order chi connectivity index (χ1) is 16.2. The fourth-order valence-corrected chi connectivity index (χ4v) is 4.18. The maximum absolute atomic E-state index is 13.5. The molecule has 0 fully saturated rings. The Bertz CT molecular complexity index is 1250. The Morgan fingerprint density at radius 2 is 1.91 bits per heavy atom. The lowest BCUT2D eigenvalue weighted by molar-refractivity contribution is -0.107. The predicted octanol–water partition coefficient (Wildman–Crippen LogP) is 4.97. The summed E-state index contributed by atoms with van der Waals surface area (Å²) in [5.41, 5.74) is 3.05. The number of rotatable bonds is 10. The average molecular weight is 461 g/mol. The molecule has 6 nitrogen and oxygen atoms in total. The molecule has 0 spiro atoms. The zero-order chi connectivity index (χ0) is 23.0. The predicted molar refractivity (Wildman–Crippen MR) is 128 cm³/mol. The van der Waals surface area contributed by atoms with Crippen LogP contribution in [0.1, 0.15) is 20.8 Å². The van der Waals surface area contributed by atoms with Gasteiger partial charge in [-0.2, -0.15) is 0 Å². The van der Waals surface area contributed by atoms with Gasteiger partial charge in [0.15, 0.2) is 12.1 Å². The first-order valence-electron chi connectivity index (χ1n) is 10.3. The van der Waals surface area contributed by atoms with Crippen LogP contribution < -0.4 is 10.2 Å². The van der Waals surface area contributed by atoms with Crippen LogP contribution in [-0.4, -0.2) is 29.2 Å². The summed E-state index contributed by atoms with van der Waals surface area (Å²) < 4.78 is 13.5. The molecule has 0 atom stereocenters. The second-order valence-electron chi connectivity index (χ2n) is 7.29. The molecule has 3 aromatic heterocycles. The van der Waals surface area contributed by atoms with E-state index >= 15 is 0 Å². The molecule has 0 aliphatic rings. The Hall–Kier alpha value is -3.91. The summed E-state index contributed by atoms with van der Waals surface area (Å²) >= 11 is 1.35. The number of nitrogens with one attached hydrogen (secondary N) is 1. The van der Waals surface area contributed by atoms with Crippen molar-refractivity contribution in [2.75, 3.05) is 16.8 Å². The minimum Gasteiger partial charge on any atom is -0.368 e. The first kappa shape index (κ1) is 22.3. The monoisotopic (exact) mass is 460 g/mol. The first-order valence-corrected chi connectivity index (χ1v) is 11.1. The number of thiophene rings is 1. The highest BCUT2D eigenvalue weighted by atomic mass is 32.1. The van der Waals surface area contributed by atoms with Crippen molar-refractivity contribution in [2.24, 2.45) is 0 Å². The summed E-state index contributed by atoms with van der Waals surface area (Å²) in [7, 11) is 0. The fourth-order valence-electron chi connectivity index (χ4n) is 3.39. The Balaban J connectivity index is 1.61. The third kappa shape index (κ3) is 5.67. The van der Waals surface area contributed by atoms with E-state index in [4.69, 9.17) is 4.98 Å². The molecule has 0 aliphatic carbocycles. The van der Waals surface area contributed by atoms with Crippen LogP contribution >= 0.6 is 11.3 Å². The van der Waals surface area contributed by atoms with Gasteiger partial charge in [-0.15, -0.1) is 11.3 Å². The van der Waals surface area contributed by atoms with Gasteiger partial charge in [0.2, 0.25) is 6.41 Å². The van der Waals surface area contributed by atoms with E-state index in [1.54, 1.807) is 29.4 Å². The van der Waals surface area contributed by atoms with E-state index in [1.165, 1.54) is 23.5 Å². The van der Waals surface area contributed by atoms with Crippen molar-refractivity contribution < 1.29 is 14.0 Å². The number of hydrogen-bond donors (Lipinski definition) is 1. The molecule has 4 aromatic rings. The molecule has 0 unspecified atom stereocenters. The Labute approximate surface area is 194 Å². The molecule has 1 aromatic carbocycles. The lowest BCUT2D eigenvalue weighted by Gasteiger charge is -2.21. The van der Waals surface area contributed by atoms with Gasteiger partial charge in [-0.3, -0.25) is 14.6 Å². The molecule has 3 heterocycles. The summed E-state index contributed by atoms with van der Waals surface area (Å²) in [4.78, 5) is 34.9. The summed E-state index contributed by atoms with van der Waals surface area (Å²) in [5, 5.41) is 3.30. The molecular formula is C25H21FN4O2S. The number of amides is 1. The van der Waals surface area contributed by atoms with Crippen molar-refractivity contribution in [2.45, 2.75) is 13.0 Å². The highest BCUT2D eigenvalue weighted by molar-refractivity contribution is 7.17. The van der Waals surface area contributed by atoms with Gasteiger partial charge in [0.05, 0.1) is 27.7 Å². The van der Waals surface area contributed by atoms with Crippen molar-refractivity contribution in [1.82, 2.24) is 9.97 Å². The second-order valence-corrected chi connectivity index (χ2v) is 8.40. The summed E-state index contributed by atoms with van der Waals surface area (Å²) in [6, 6.07) is 17.4. The summed E-state index contributed by atoms with van der Waals surface area (Å²) in [5.74, 6) is 0.251. The van der Waals surface area contributed by atoms with E-state index in [-0.39, 0.29) is 5.82 Å². The fraction of sp³-hybridized carbons (Fsp3) is 0.120. The van der Waals surface area contributed by atoms with E-state index in [0.29, 0.717) is 41.6 Å². The molecular weight excluding hydrogens is 439 g/mol. The number of aldehydes is 1. The number of carbonyl (C=O) groups is 2. The van der Waals surface area contributed by atoms with E-state index in [0.717, 1.165) is 28.7 Å². The number of anilines is 2. The van der Waals surface area contributed by atoms with Crippen LogP contribution in [0.15, 0.2) is 73.1 Å². The number of nitrogens with zero attached hydrogens (tertiary/aromatic N) is 3.